The average Bonchev–Trinajstić information content (AvgIpc) is 2.35. The van der Waals surface area contributed by atoms with Gasteiger partial charge in [0, 0.05) is 6.54 Å². The van der Waals surface area contributed by atoms with Crippen molar-refractivity contribution < 1.29 is 19.4 Å². The Balaban J connectivity index is 2.50. The van der Waals surface area contributed by atoms with Crippen LogP contribution in [0.5, 0.6) is 0 Å². The van der Waals surface area contributed by atoms with Gasteiger partial charge in [-0.25, -0.2) is 4.79 Å². The maximum Gasteiger partial charge on any atom is 0.407 e. The van der Waals surface area contributed by atoms with Crippen molar-refractivity contribution in [1.29, 1.82) is 0 Å². The summed E-state index contributed by atoms with van der Waals surface area (Å²) in [6.07, 6.45) is -0.187. The lowest BCUT2D eigenvalue weighted by atomic mass is 9.96. The van der Waals surface area contributed by atoms with Crippen LogP contribution in [0, 0.1) is 0 Å². The lowest BCUT2D eigenvalue weighted by molar-refractivity contribution is -0.138. The van der Waals surface area contributed by atoms with Gasteiger partial charge in [0.1, 0.15) is 0 Å². The van der Waals surface area contributed by atoms with E-state index in [9.17, 15) is 9.59 Å². The van der Waals surface area contributed by atoms with Crippen molar-refractivity contribution in [1.82, 2.24) is 5.32 Å². The molecule has 0 aliphatic rings. The molecule has 0 radical (unpaired) electrons. The first-order chi connectivity index (χ1) is 8.65. The van der Waals surface area contributed by atoms with Crippen LogP contribution in [-0.2, 0) is 9.53 Å². The first-order valence-corrected chi connectivity index (χ1v) is 5.83. The van der Waals surface area contributed by atoms with Crippen molar-refractivity contribution in [3.8, 4) is 0 Å². The fourth-order valence-corrected chi connectivity index (χ4v) is 1.62. The molecule has 1 amide bonds. The third-order valence-corrected chi connectivity index (χ3v) is 2.48. The first-order valence-electron chi connectivity index (χ1n) is 5.83. The van der Waals surface area contributed by atoms with E-state index in [4.69, 9.17) is 9.84 Å². The molecule has 0 fully saturated rings. The van der Waals surface area contributed by atoms with Gasteiger partial charge in [-0.3, -0.25) is 4.79 Å². The van der Waals surface area contributed by atoms with E-state index in [2.05, 4.69) is 5.32 Å². The first kappa shape index (κ1) is 14.0. The van der Waals surface area contributed by atoms with Gasteiger partial charge in [0.25, 0.3) is 0 Å². The molecule has 2 N–H and O–H groups in total. The molecule has 0 spiro atoms. The maximum atomic E-state index is 11.2. The number of aliphatic carboxylic acids is 1. The number of carbonyl (C=O) groups is 2. The summed E-state index contributed by atoms with van der Waals surface area (Å²) >= 11 is 0. The summed E-state index contributed by atoms with van der Waals surface area (Å²) in [5, 5.41) is 11.7. The van der Waals surface area contributed by atoms with Crippen LogP contribution < -0.4 is 5.32 Å². The van der Waals surface area contributed by atoms with Gasteiger partial charge in [-0.2, -0.15) is 0 Å². The number of alkyl carbamates (subject to hydrolysis) is 1. The van der Waals surface area contributed by atoms with Crippen molar-refractivity contribution >= 4 is 12.1 Å². The molecule has 18 heavy (non-hydrogen) atoms. The van der Waals surface area contributed by atoms with Crippen LogP contribution in [-0.4, -0.2) is 30.3 Å². The van der Waals surface area contributed by atoms with Crippen molar-refractivity contribution in [2.24, 2.45) is 0 Å². The molecule has 5 nitrogen and oxygen atoms in total. The highest BCUT2D eigenvalue weighted by Crippen LogP contribution is 2.18. The number of ether oxygens (including phenoxy) is 1. The van der Waals surface area contributed by atoms with Gasteiger partial charge >= 0.3 is 12.1 Å². The SMILES string of the molecule is CCOC(=O)NCCC(C(=O)O)c1ccccc1. The van der Waals surface area contributed by atoms with Gasteiger partial charge in [0.05, 0.1) is 12.5 Å². The van der Waals surface area contributed by atoms with Crippen LogP contribution in [0.15, 0.2) is 30.3 Å². The highest BCUT2D eigenvalue weighted by atomic mass is 16.5. The molecule has 1 aromatic rings. The third-order valence-electron chi connectivity index (χ3n) is 2.48. The second kappa shape index (κ2) is 7.32. The van der Waals surface area contributed by atoms with Crippen LogP contribution in [0.2, 0.25) is 0 Å². The van der Waals surface area contributed by atoms with Gasteiger partial charge in [0.15, 0.2) is 0 Å². The minimum Gasteiger partial charge on any atom is -0.481 e. The van der Waals surface area contributed by atoms with Crippen LogP contribution in [0.3, 0.4) is 0 Å². The highest BCUT2D eigenvalue weighted by Gasteiger charge is 2.19. The fourth-order valence-electron chi connectivity index (χ4n) is 1.62. The summed E-state index contributed by atoms with van der Waals surface area (Å²) < 4.78 is 4.69. The number of carboxylic acid groups (broad SMARTS) is 1. The van der Waals surface area contributed by atoms with Gasteiger partial charge in [-0.1, -0.05) is 30.3 Å². The lowest BCUT2D eigenvalue weighted by Crippen LogP contribution is -2.27. The monoisotopic (exact) mass is 251 g/mol. The molecule has 1 unspecified atom stereocenters. The Labute approximate surface area is 106 Å². The Morgan fingerprint density at radius 2 is 2.00 bits per heavy atom. The van der Waals surface area contributed by atoms with E-state index in [1.54, 1.807) is 31.2 Å². The zero-order chi connectivity index (χ0) is 13.4. The summed E-state index contributed by atoms with van der Waals surface area (Å²) in [6, 6.07) is 8.96. The summed E-state index contributed by atoms with van der Waals surface area (Å²) in [7, 11) is 0. The van der Waals surface area contributed by atoms with Crippen LogP contribution in [0.4, 0.5) is 4.79 Å². The number of amides is 1. The molecule has 5 heteroatoms. The van der Waals surface area contributed by atoms with E-state index >= 15 is 0 Å². The maximum absolute atomic E-state index is 11.2. The summed E-state index contributed by atoms with van der Waals surface area (Å²) in [5.41, 5.74) is 0.732. The fraction of sp³-hybridized carbons (Fsp3) is 0.385. The topological polar surface area (TPSA) is 75.6 Å². The molecular weight excluding hydrogens is 234 g/mol. The Hall–Kier alpha value is -2.04. The van der Waals surface area contributed by atoms with Gasteiger partial charge in [-0.05, 0) is 18.9 Å². The van der Waals surface area contributed by atoms with Gasteiger partial charge in [0.2, 0.25) is 0 Å². The van der Waals surface area contributed by atoms with E-state index in [0.717, 1.165) is 5.56 Å². The minimum absolute atomic E-state index is 0.269. The van der Waals surface area contributed by atoms with Crippen molar-refractivity contribution in [3.63, 3.8) is 0 Å². The molecule has 0 aromatic heterocycles. The second-order valence-corrected chi connectivity index (χ2v) is 3.74. The number of hydrogen-bond donors (Lipinski definition) is 2. The van der Waals surface area contributed by atoms with E-state index in [1.807, 2.05) is 6.07 Å². The molecular formula is C13H17NO4. The predicted molar refractivity (Wildman–Crippen MR) is 66.5 cm³/mol. The number of nitrogens with one attached hydrogen (secondary N) is 1. The molecule has 0 saturated heterocycles. The number of benzene rings is 1. The summed E-state index contributed by atoms with van der Waals surface area (Å²) in [4.78, 5) is 22.2. The van der Waals surface area contributed by atoms with Crippen LogP contribution in [0.25, 0.3) is 0 Å². The number of rotatable bonds is 6. The Kier molecular flexibility index (Phi) is 5.70. The molecule has 0 saturated carbocycles. The van der Waals surface area contributed by atoms with Gasteiger partial charge < -0.3 is 15.2 Å². The highest BCUT2D eigenvalue weighted by molar-refractivity contribution is 5.76. The third kappa shape index (κ3) is 4.45. The van der Waals surface area contributed by atoms with E-state index in [1.165, 1.54) is 0 Å². The second-order valence-electron chi connectivity index (χ2n) is 3.74. The number of carbonyl (C=O) groups excluding carboxylic acids is 1. The standard InChI is InChI=1S/C13H17NO4/c1-2-18-13(17)14-9-8-11(12(15)16)10-6-4-3-5-7-10/h3-7,11H,2,8-9H2,1H3,(H,14,17)(H,15,16). The number of hydrogen-bond acceptors (Lipinski definition) is 3. The molecule has 1 rings (SSSR count). The van der Waals surface area contributed by atoms with Crippen LogP contribution >= 0.6 is 0 Å². The Morgan fingerprint density at radius 3 is 2.56 bits per heavy atom. The minimum atomic E-state index is -0.896. The van der Waals surface area contributed by atoms with E-state index < -0.39 is 18.0 Å². The molecule has 98 valence electrons. The molecule has 0 bridgehead atoms. The Bertz CT molecular complexity index is 391. The summed E-state index contributed by atoms with van der Waals surface area (Å²) in [6.45, 7) is 2.28. The van der Waals surface area contributed by atoms with Crippen molar-refractivity contribution in [3.05, 3.63) is 35.9 Å². The average molecular weight is 251 g/mol. The van der Waals surface area contributed by atoms with Crippen LogP contribution in [0.1, 0.15) is 24.8 Å². The molecule has 0 aliphatic heterocycles. The quantitative estimate of drug-likeness (QED) is 0.810. The predicted octanol–water partition coefficient (Wildman–Crippen LogP) is 1.99. The normalized spacial score (nSPS) is 11.6. The van der Waals surface area contributed by atoms with Gasteiger partial charge in [-0.15, -0.1) is 0 Å². The smallest absolute Gasteiger partial charge is 0.407 e. The lowest BCUT2D eigenvalue weighted by Gasteiger charge is -2.13. The largest absolute Gasteiger partial charge is 0.481 e. The summed E-state index contributed by atoms with van der Waals surface area (Å²) in [5.74, 6) is -1.51. The van der Waals surface area contributed by atoms with Crippen molar-refractivity contribution in [2.75, 3.05) is 13.2 Å². The zero-order valence-corrected chi connectivity index (χ0v) is 10.3. The molecule has 1 aromatic carbocycles. The molecule has 0 heterocycles. The Morgan fingerprint density at radius 1 is 1.33 bits per heavy atom. The molecule has 0 aliphatic carbocycles. The number of carboxylic acids is 1. The zero-order valence-electron chi connectivity index (χ0n) is 10.3. The van der Waals surface area contributed by atoms with Crippen molar-refractivity contribution in [2.45, 2.75) is 19.3 Å². The molecule has 1 atom stereocenters. The van der Waals surface area contributed by atoms with E-state index in [0.29, 0.717) is 13.0 Å². The van der Waals surface area contributed by atoms with E-state index in [-0.39, 0.29) is 6.54 Å².